The van der Waals surface area contributed by atoms with E-state index in [2.05, 4.69) is 5.32 Å². The Morgan fingerprint density at radius 2 is 2.00 bits per heavy atom. The minimum Gasteiger partial charge on any atom is -0.321 e. The van der Waals surface area contributed by atoms with Gasteiger partial charge in [0.05, 0.1) is 11.3 Å². The van der Waals surface area contributed by atoms with Crippen LogP contribution in [0.15, 0.2) is 41.3 Å². The molecule has 118 valence electrons. The number of thiophene rings is 1. The van der Waals surface area contributed by atoms with Crippen molar-refractivity contribution in [2.45, 2.75) is 13.1 Å². The molecule has 1 N–H and O–H groups in total. The van der Waals surface area contributed by atoms with Crippen molar-refractivity contribution in [1.82, 2.24) is 0 Å². The zero-order valence-electron chi connectivity index (χ0n) is 11.9. The molecular formula is C16H11F3N2OS. The van der Waals surface area contributed by atoms with E-state index in [9.17, 15) is 18.0 Å². The first kappa shape index (κ1) is 16.8. The Labute approximate surface area is 134 Å². The standard InChI is InChI=1S/C16H11F3N2OS/c1-10-6-7-23-14(10)8-11(9-20)15(22)21-13-5-3-2-4-12(13)16(17,18)19/h2-8H,1H3,(H,21,22)/b11-8-. The van der Waals surface area contributed by atoms with Gasteiger partial charge in [0, 0.05) is 4.88 Å². The molecule has 0 radical (unpaired) electrons. The molecule has 1 heterocycles. The largest absolute Gasteiger partial charge is 0.418 e. The summed E-state index contributed by atoms with van der Waals surface area (Å²) in [5.74, 6) is -0.878. The summed E-state index contributed by atoms with van der Waals surface area (Å²) in [6.45, 7) is 1.81. The number of nitrogens with one attached hydrogen (secondary N) is 1. The number of rotatable bonds is 3. The maximum Gasteiger partial charge on any atom is 0.418 e. The number of amides is 1. The van der Waals surface area contributed by atoms with Gasteiger partial charge in [-0.05, 0) is 42.1 Å². The number of nitriles is 1. The van der Waals surface area contributed by atoms with Crippen LogP contribution in [0, 0.1) is 18.3 Å². The number of aryl methyl sites for hydroxylation is 1. The van der Waals surface area contributed by atoms with Gasteiger partial charge >= 0.3 is 6.18 Å². The van der Waals surface area contributed by atoms with E-state index in [-0.39, 0.29) is 11.3 Å². The van der Waals surface area contributed by atoms with E-state index in [1.165, 1.54) is 29.5 Å². The molecule has 1 amide bonds. The van der Waals surface area contributed by atoms with Gasteiger partial charge in [0.1, 0.15) is 11.6 Å². The number of benzene rings is 1. The van der Waals surface area contributed by atoms with Crippen LogP contribution in [0.5, 0.6) is 0 Å². The first-order chi connectivity index (χ1) is 10.8. The number of hydrogen-bond acceptors (Lipinski definition) is 3. The fraction of sp³-hybridized carbons (Fsp3) is 0.125. The minimum absolute atomic E-state index is 0.257. The highest BCUT2D eigenvalue weighted by molar-refractivity contribution is 7.11. The van der Waals surface area contributed by atoms with Crippen LogP contribution in [-0.2, 0) is 11.0 Å². The molecule has 1 aromatic carbocycles. The van der Waals surface area contributed by atoms with E-state index in [0.717, 1.165) is 17.7 Å². The van der Waals surface area contributed by atoms with Crippen molar-refractivity contribution in [3.05, 3.63) is 57.3 Å². The molecule has 23 heavy (non-hydrogen) atoms. The van der Waals surface area contributed by atoms with Gasteiger partial charge in [-0.25, -0.2) is 0 Å². The fourth-order valence-electron chi connectivity index (χ4n) is 1.84. The van der Waals surface area contributed by atoms with E-state index < -0.39 is 17.6 Å². The molecule has 0 saturated heterocycles. The van der Waals surface area contributed by atoms with Gasteiger partial charge in [0.2, 0.25) is 0 Å². The van der Waals surface area contributed by atoms with Gasteiger partial charge in [-0.15, -0.1) is 11.3 Å². The lowest BCUT2D eigenvalue weighted by Gasteiger charge is -2.13. The van der Waals surface area contributed by atoms with Gasteiger partial charge in [0.15, 0.2) is 0 Å². The van der Waals surface area contributed by atoms with Crippen molar-refractivity contribution < 1.29 is 18.0 Å². The Balaban J connectivity index is 2.31. The Hall–Kier alpha value is -2.59. The van der Waals surface area contributed by atoms with Crippen molar-refractivity contribution in [2.75, 3.05) is 5.32 Å². The minimum atomic E-state index is -4.59. The number of alkyl halides is 3. The first-order valence-corrected chi connectivity index (χ1v) is 7.34. The molecule has 0 saturated carbocycles. The van der Waals surface area contributed by atoms with Crippen LogP contribution < -0.4 is 5.32 Å². The molecule has 0 unspecified atom stereocenters. The SMILES string of the molecule is Cc1ccsc1/C=C(/C#N)C(=O)Nc1ccccc1C(F)(F)F. The Morgan fingerprint density at radius 1 is 1.30 bits per heavy atom. The summed E-state index contributed by atoms with van der Waals surface area (Å²) in [7, 11) is 0. The molecule has 0 spiro atoms. The Bertz CT molecular complexity index is 800. The maximum atomic E-state index is 12.9. The number of halogens is 3. The second kappa shape index (κ2) is 6.67. The molecule has 0 fully saturated rings. The number of hydrogen-bond donors (Lipinski definition) is 1. The lowest BCUT2D eigenvalue weighted by Crippen LogP contribution is -2.17. The summed E-state index contributed by atoms with van der Waals surface area (Å²) in [5.41, 5.74) is -0.717. The summed E-state index contributed by atoms with van der Waals surface area (Å²) in [4.78, 5) is 12.8. The number of carbonyl (C=O) groups is 1. The van der Waals surface area contributed by atoms with Crippen LogP contribution in [0.1, 0.15) is 16.0 Å². The quantitative estimate of drug-likeness (QED) is 0.657. The lowest BCUT2D eigenvalue weighted by atomic mass is 10.1. The number of para-hydroxylation sites is 1. The summed E-state index contributed by atoms with van der Waals surface area (Å²) < 4.78 is 38.7. The molecule has 0 aliphatic heterocycles. The van der Waals surface area contributed by atoms with E-state index in [0.29, 0.717) is 4.88 Å². The van der Waals surface area contributed by atoms with Crippen LogP contribution in [0.4, 0.5) is 18.9 Å². The monoisotopic (exact) mass is 336 g/mol. The second-order valence-electron chi connectivity index (χ2n) is 4.64. The highest BCUT2D eigenvalue weighted by Crippen LogP contribution is 2.34. The van der Waals surface area contributed by atoms with Crippen LogP contribution in [0.25, 0.3) is 6.08 Å². The molecule has 2 aromatic rings. The molecule has 7 heteroatoms. The van der Waals surface area contributed by atoms with Crippen molar-refractivity contribution in [3.63, 3.8) is 0 Å². The van der Waals surface area contributed by atoms with E-state index in [1.807, 2.05) is 13.0 Å². The zero-order valence-corrected chi connectivity index (χ0v) is 12.8. The molecule has 2 rings (SSSR count). The molecule has 0 atom stereocenters. The molecule has 1 aromatic heterocycles. The van der Waals surface area contributed by atoms with E-state index >= 15 is 0 Å². The maximum absolute atomic E-state index is 12.9. The molecule has 0 aliphatic rings. The van der Waals surface area contributed by atoms with Gasteiger partial charge in [-0.3, -0.25) is 4.79 Å². The summed E-state index contributed by atoms with van der Waals surface area (Å²) in [5, 5.41) is 13.1. The normalized spacial score (nSPS) is 11.9. The van der Waals surface area contributed by atoms with Crippen LogP contribution in [0.3, 0.4) is 0 Å². The molecule has 3 nitrogen and oxygen atoms in total. The van der Waals surface area contributed by atoms with Gasteiger partial charge in [-0.2, -0.15) is 18.4 Å². The molecular weight excluding hydrogens is 325 g/mol. The first-order valence-electron chi connectivity index (χ1n) is 6.46. The van der Waals surface area contributed by atoms with E-state index in [1.54, 1.807) is 11.4 Å². The van der Waals surface area contributed by atoms with Gasteiger partial charge in [0.25, 0.3) is 5.91 Å². The third-order valence-electron chi connectivity index (χ3n) is 3.02. The fourth-order valence-corrected chi connectivity index (χ4v) is 2.70. The van der Waals surface area contributed by atoms with Crippen LogP contribution in [0.2, 0.25) is 0 Å². The molecule has 0 bridgehead atoms. The van der Waals surface area contributed by atoms with Gasteiger partial charge < -0.3 is 5.32 Å². The summed E-state index contributed by atoms with van der Waals surface area (Å²) in [6.07, 6.45) is -3.23. The third kappa shape index (κ3) is 3.99. The zero-order chi connectivity index (χ0) is 17.0. The van der Waals surface area contributed by atoms with Crippen molar-refractivity contribution in [3.8, 4) is 6.07 Å². The Morgan fingerprint density at radius 3 is 2.57 bits per heavy atom. The number of nitrogens with zero attached hydrogens (tertiary/aromatic N) is 1. The predicted molar refractivity (Wildman–Crippen MR) is 82.7 cm³/mol. The number of carbonyl (C=O) groups excluding carboxylic acids is 1. The van der Waals surface area contributed by atoms with Crippen molar-refractivity contribution in [2.24, 2.45) is 0 Å². The predicted octanol–water partition coefficient (Wildman–Crippen LogP) is 4.62. The number of anilines is 1. The average molecular weight is 336 g/mol. The van der Waals surface area contributed by atoms with Gasteiger partial charge in [-0.1, -0.05) is 12.1 Å². The smallest absolute Gasteiger partial charge is 0.321 e. The average Bonchev–Trinajstić information content (AvgIpc) is 2.89. The van der Waals surface area contributed by atoms with Crippen LogP contribution >= 0.6 is 11.3 Å². The summed E-state index contributed by atoms with van der Waals surface area (Å²) >= 11 is 1.34. The highest BCUT2D eigenvalue weighted by atomic mass is 32.1. The van der Waals surface area contributed by atoms with Crippen molar-refractivity contribution in [1.29, 1.82) is 5.26 Å². The van der Waals surface area contributed by atoms with Crippen LogP contribution in [-0.4, -0.2) is 5.91 Å². The van der Waals surface area contributed by atoms with Crippen molar-refractivity contribution >= 4 is 29.0 Å². The highest BCUT2D eigenvalue weighted by Gasteiger charge is 2.33. The topological polar surface area (TPSA) is 52.9 Å². The molecule has 0 aliphatic carbocycles. The third-order valence-corrected chi connectivity index (χ3v) is 3.99. The lowest BCUT2D eigenvalue weighted by molar-refractivity contribution is -0.136. The van der Waals surface area contributed by atoms with E-state index in [4.69, 9.17) is 5.26 Å². The second-order valence-corrected chi connectivity index (χ2v) is 5.58. The Kier molecular flexibility index (Phi) is 4.86. The summed E-state index contributed by atoms with van der Waals surface area (Å²) in [6, 6.07) is 8.17.